The van der Waals surface area contributed by atoms with Gasteiger partial charge in [-0.15, -0.1) is 0 Å². The Morgan fingerprint density at radius 1 is 0.897 bits per heavy atom. The lowest BCUT2D eigenvalue weighted by atomic mass is 9.78. The third-order valence-corrected chi connectivity index (χ3v) is 6.94. The second-order valence-electron chi connectivity index (χ2n) is 8.87. The summed E-state index contributed by atoms with van der Waals surface area (Å²) in [5, 5.41) is 3.86. The summed E-state index contributed by atoms with van der Waals surface area (Å²) < 4.78 is 5.28. The molecule has 156 valence electrons. The van der Waals surface area contributed by atoms with Crippen molar-refractivity contribution in [3.8, 4) is 5.75 Å². The minimum Gasteiger partial charge on any atom is -0.497 e. The lowest BCUT2D eigenvalue weighted by molar-refractivity contribution is 0.0588. The summed E-state index contributed by atoms with van der Waals surface area (Å²) in [5.74, 6) is 1.80. The van der Waals surface area contributed by atoms with Gasteiger partial charge in [0.25, 0.3) is 0 Å². The number of hydrogen-bond acceptors (Lipinski definition) is 3. The molecular weight excluding hydrogens is 356 g/mol. The molecule has 0 amide bonds. The summed E-state index contributed by atoms with van der Waals surface area (Å²) in [6, 6.07) is 20.9. The maximum absolute atomic E-state index is 5.28. The van der Waals surface area contributed by atoms with Gasteiger partial charge in [0.1, 0.15) is 5.75 Å². The van der Waals surface area contributed by atoms with E-state index in [0.717, 1.165) is 30.8 Å². The van der Waals surface area contributed by atoms with Gasteiger partial charge in [0.2, 0.25) is 0 Å². The van der Waals surface area contributed by atoms with Crippen LogP contribution in [-0.4, -0.2) is 30.6 Å². The number of hydrogen-bond donors (Lipinski definition) is 1. The molecule has 4 rings (SSSR count). The van der Waals surface area contributed by atoms with E-state index in [0.29, 0.717) is 6.04 Å². The number of rotatable bonds is 7. The minimum absolute atomic E-state index is 0.621. The van der Waals surface area contributed by atoms with E-state index in [-0.39, 0.29) is 0 Å². The monoisotopic (exact) mass is 392 g/mol. The first-order valence-electron chi connectivity index (χ1n) is 11.5. The molecule has 0 radical (unpaired) electrons. The zero-order chi connectivity index (χ0) is 19.9. The van der Waals surface area contributed by atoms with Gasteiger partial charge in [-0.3, -0.25) is 4.90 Å². The topological polar surface area (TPSA) is 24.5 Å². The van der Waals surface area contributed by atoms with E-state index >= 15 is 0 Å². The first-order chi connectivity index (χ1) is 14.3. The summed E-state index contributed by atoms with van der Waals surface area (Å²) in [5.41, 5.74) is 2.80. The van der Waals surface area contributed by atoms with Gasteiger partial charge in [0.05, 0.1) is 7.11 Å². The van der Waals surface area contributed by atoms with Crippen molar-refractivity contribution >= 4 is 0 Å². The van der Waals surface area contributed by atoms with Crippen molar-refractivity contribution in [1.82, 2.24) is 10.2 Å². The van der Waals surface area contributed by atoms with Crippen LogP contribution in [0.3, 0.4) is 0 Å². The molecular formula is C26H36N2O. The number of benzene rings is 2. The molecule has 1 saturated heterocycles. The van der Waals surface area contributed by atoms with Crippen molar-refractivity contribution in [2.75, 3.05) is 13.7 Å². The zero-order valence-corrected chi connectivity index (χ0v) is 17.9. The summed E-state index contributed by atoms with van der Waals surface area (Å²) in [4.78, 5) is 2.79. The molecule has 2 aromatic rings. The van der Waals surface area contributed by atoms with Crippen molar-refractivity contribution in [3.63, 3.8) is 0 Å². The van der Waals surface area contributed by atoms with Crippen LogP contribution in [0.25, 0.3) is 0 Å². The quantitative estimate of drug-likeness (QED) is 0.683. The summed E-state index contributed by atoms with van der Waals surface area (Å²) >= 11 is 0. The SMILES string of the molecule is COc1ccc(CNC2CCN(Cc3ccccc3)C(C3CCCCC3)C2)cc1. The first kappa shape index (κ1) is 20.4. The molecule has 1 aliphatic carbocycles. The van der Waals surface area contributed by atoms with Gasteiger partial charge >= 0.3 is 0 Å². The molecule has 1 N–H and O–H groups in total. The van der Waals surface area contributed by atoms with Crippen LogP contribution in [0.2, 0.25) is 0 Å². The lowest BCUT2D eigenvalue weighted by Gasteiger charge is -2.45. The van der Waals surface area contributed by atoms with Gasteiger partial charge in [0.15, 0.2) is 0 Å². The maximum Gasteiger partial charge on any atom is 0.118 e. The molecule has 3 heteroatoms. The Kier molecular flexibility index (Phi) is 7.23. The molecule has 0 aromatic heterocycles. The molecule has 2 fully saturated rings. The molecule has 2 aromatic carbocycles. The molecule has 2 unspecified atom stereocenters. The van der Waals surface area contributed by atoms with Crippen LogP contribution < -0.4 is 10.1 Å². The molecule has 1 aliphatic heterocycles. The molecule has 29 heavy (non-hydrogen) atoms. The molecule has 0 spiro atoms. The predicted molar refractivity (Wildman–Crippen MR) is 120 cm³/mol. The third-order valence-electron chi connectivity index (χ3n) is 6.94. The van der Waals surface area contributed by atoms with Crippen LogP contribution in [-0.2, 0) is 13.1 Å². The van der Waals surface area contributed by atoms with Crippen molar-refractivity contribution in [2.24, 2.45) is 5.92 Å². The summed E-state index contributed by atoms with van der Waals surface area (Å²) in [6.07, 6.45) is 9.64. The van der Waals surface area contributed by atoms with E-state index in [2.05, 4.69) is 64.8 Å². The Balaban J connectivity index is 1.38. The summed E-state index contributed by atoms with van der Waals surface area (Å²) in [7, 11) is 1.72. The highest BCUT2D eigenvalue weighted by Crippen LogP contribution is 2.34. The van der Waals surface area contributed by atoms with Crippen LogP contribution in [0.1, 0.15) is 56.1 Å². The molecule has 0 bridgehead atoms. The van der Waals surface area contributed by atoms with E-state index < -0.39 is 0 Å². The third kappa shape index (κ3) is 5.61. The molecule has 1 heterocycles. The van der Waals surface area contributed by atoms with Crippen LogP contribution >= 0.6 is 0 Å². The van der Waals surface area contributed by atoms with Crippen LogP contribution in [0.4, 0.5) is 0 Å². The van der Waals surface area contributed by atoms with Gasteiger partial charge in [-0.05, 0) is 54.9 Å². The highest BCUT2D eigenvalue weighted by atomic mass is 16.5. The fraction of sp³-hybridized carbons (Fsp3) is 0.538. The van der Waals surface area contributed by atoms with Crippen molar-refractivity contribution in [3.05, 3.63) is 65.7 Å². The molecule has 2 atom stereocenters. The molecule has 3 nitrogen and oxygen atoms in total. The highest BCUT2D eigenvalue weighted by Gasteiger charge is 2.34. The van der Waals surface area contributed by atoms with E-state index in [4.69, 9.17) is 4.74 Å². The number of piperidine rings is 1. The fourth-order valence-electron chi connectivity index (χ4n) is 5.26. The molecule has 1 saturated carbocycles. The van der Waals surface area contributed by atoms with Gasteiger partial charge < -0.3 is 10.1 Å². The molecule has 2 aliphatic rings. The smallest absolute Gasteiger partial charge is 0.118 e. The average molecular weight is 393 g/mol. The predicted octanol–water partition coefficient (Wildman–Crippen LogP) is 5.40. The van der Waals surface area contributed by atoms with Gasteiger partial charge in [-0.2, -0.15) is 0 Å². The average Bonchev–Trinajstić information content (AvgIpc) is 2.80. The van der Waals surface area contributed by atoms with E-state index in [1.54, 1.807) is 7.11 Å². The fourth-order valence-corrected chi connectivity index (χ4v) is 5.26. The maximum atomic E-state index is 5.28. The van der Waals surface area contributed by atoms with Crippen LogP contribution in [0.5, 0.6) is 5.75 Å². The van der Waals surface area contributed by atoms with E-state index in [1.807, 2.05) is 0 Å². The number of ether oxygens (including phenoxy) is 1. The Hall–Kier alpha value is -1.84. The van der Waals surface area contributed by atoms with Gasteiger partial charge in [-0.25, -0.2) is 0 Å². The zero-order valence-electron chi connectivity index (χ0n) is 17.9. The second kappa shape index (κ2) is 10.3. The van der Waals surface area contributed by atoms with E-state index in [1.165, 1.54) is 62.6 Å². The van der Waals surface area contributed by atoms with Gasteiger partial charge in [-0.1, -0.05) is 61.7 Å². The number of nitrogens with one attached hydrogen (secondary N) is 1. The van der Waals surface area contributed by atoms with Crippen molar-refractivity contribution in [2.45, 2.75) is 70.1 Å². The number of nitrogens with zero attached hydrogens (tertiary/aromatic N) is 1. The van der Waals surface area contributed by atoms with Crippen molar-refractivity contribution in [1.29, 1.82) is 0 Å². The standard InChI is InChI=1S/C26H36N2O/c1-29-25-14-12-21(13-15-25)19-27-24-16-17-28(20-22-8-4-2-5-9-22)26(18-24)23-10-6-3-7-11-23/h2,4-5,8-9,12-15,23-24,26-27H,3,6-7,10-11,16-20H2,1H3. The highest BCUT2D eigenvalue weighted by molar-refractivity contribution is 5.27. The Bertz CT molecular complexity index is 724. The van der Waals surface area contributed by atoms with Gasteiger partial charge in [0, 0.05) is 31.7 Å². The first-order valence-corrected chi connectivity index (χ1v) is 11.5. The normalized spacial score (nSPS) is 23.8. The van der Waals surface area contributed by atoms with Crippen LogP contribution in [0.15, 0.2) is 54.6 Å². The minimum atomic E-state index is 0.621. The van der Waals surface area contributed by atoms with E-state index in [9.17, 15) is 0 Å². The largest absolute Gasteiger partial charge is 0.497 e. The Labute approximate surface area is 176 Å². The number of likely N-dealkylation sites (tertiary alicyclic amines) is 1. The van der Waals surface area contributed by atoms with Crippen molar-refractivity contribution < 1.29 is 4.74 Å². The number of methoxy groups -OCH3 is 1. The van der Waals surface area contributed by atoms with Crippen LogP contribution in [0, 0.1) is 5.92 Å². The Morgan fingerprint density at radius 3 is 2.38 bits per heavy atom. The Morgan fingerprint density at radius 2 is 1.66 bits per heavy atom. The second-order valence-corrected chi connectivity index (χ2v) is 8.87. The summed E-state index contributed by atoms with van der Waals surface area (Å²) in [6.45, 7) is 3.26. The lowest BCUT2D eigenvalue weighted by Crippen LogP contribution is -2.51.